The zero-order chi connectivity index (χ0) is 10.2. The summed E-state index contributed by atoms with van der Waals surface area (Å²) in [5.41, 5.74) is 0.199. The third-order valence-electron chi connectivity index (χ3n) is 1.60. The van der Waals surface area contributed by atoms with Gasteiger partial charge in [-0.3, -0.25) is 9.98 Å². The van der Waals surface area contributed by atoms with Gasteiger partial charge in [0.1, 0.15) is 11.7 Å². The van der Waals surface area contributed by atoms with E-state index >= 15 is 0 Å². The van der Waals surface area contributed by atoms with Crippen LogP contribution in [-0.4, -0.2) is 17.6 Å². The molecule has 1 unspecified atom stereocenters. The predicted molar refractivity (Wildman–Crippen MR) is 42.2 cm³/mol. The van der Waals surface area contributed by atoms with E-state index in [1.165, 1.54) is 24.5 Å². The Morgan fingerprint density at radius 1 is 1.36 bits per heavy atom. The van der Waals surface area contributed by atoms with E-state index in [0.29, 0.717) is 0 Å². The van der Waals surface area contributed by atoms with Crippen LogP contribution >= 0.6 is 0 Å². The summed E-state index contributed by atoms with van der Waals surface area (Å²) in [5.74, 6) is -0.289. The maximum atomic E-state index is 11.9. The molecule has 0 aliphatic carbocycles. The minimum absolute atomic E-state index is 0.199. The first-order valence-electron chi connectivity index (χ1n) is 3.80. The number of halogens is 3. The smallest absolute Gasteiger partial charge is 0.404 e. The molecule has 3 nitrogen and oxygen atoms in total. The molecule has 1 aliphatic heterocycles. The molecule has 0 fully saturated rings. The normalized spacial score (nSPS) is 19.5. The van der Waals surface area contributed by atoms with Crippen LogP contribution in [0.5, 0.6) is 5.75 Å². The minimum atomic E-state index is -4.69. The monoisotopic (exact) mass is 202 g/mol. The van der Waals surface area contributed by atoms with Gasteiger partial charge in [-0.25, -0.2) is 0 Å². The highest BCUT2D eigenvalue weighted by Crippen LogP contribution is 2.33. The average molecular weight is 202 g/mol. The largest absolute Gasteiger partial charge is 0.573 e. The van der Waals surface area contributed by atoms with Crippen molar-refractivity contribution in [1.82, 2.24) is 4.98 Å². The molecule has 0 amide bonds. The summed E-state index contributed by atoms with van der Waals surface area (Å²) < 4.78 is 39.5. The fourth-order valence-corrected chi connectivity index (χ4v) is 1.02. The van der Waals surface area contributed by atoms with Crippen LogP contribution < -0.4 is 4.74 Å². The van der Waals surface area contributed by atoms with E-state index in [2.05, 4.69) is 14.7 Å². The Hall–Kier alpha value is -1.59. The van der Waals surface area contributed by atoms with Gasteiger partial charge >= 0.3 is 6.36 Å². The van der Waals surface area contributed by atoms with Gasteiger partial charge < -0.3 is 4.74 Å². The number of pyridine rings is 1. The highest BCUT2D eigenvalue weighted by atomic mass is 19.4. The molecule has 0 spiro atoms. The van der Waals surface area contributed by atoms with Crippen LogP contribution in [0.2, 0.25) is 0 Å². The molecule has 0 N–H and O–H groups in total. The lowest BCUT2D eigenvalue weighted by Crippen LogP contribution is -2.18. The van der Waals surface area contributed by atoms with Crippen molar-refractivity contribution in [2.24, 2.45) is 4.99 Å². The molecule has 0 saturated carbocycles. The van der Waals surface area contributed by atoms with Crippen LogP contribution in [0.4, 0.5) is 13.2 Å². The lowest BCUT2D eigenvalue weighted by molar-refractivity contribution is -0.275. The van der Waals surface area contributed by atoms with E-state index in [4.69, 9.17) is 0 Å². The Kier molecular flexibility index (Phi) is 1.90. The van der Waals surface area contributed by atoms with Crippen molar-refractivity contribution in [2.45, 2.75) is 12.4 Å². The van der Waals surface area contributed by atoms with Crippen LogP contribution in [0, 0.1) is 0 Å². The van der Waals surface area contributed by atoms with Gasteiger partial charge in [0.25, 0.3) is 0 Å². The molecule has 0 saturated heterocycles. The molecule has 14 heavy (non-hydrogen) atoms. The highest BCUT2D eigenvalue weighted by molar-refractivity contribution is 5.80. The van der Waals surface area contributed by atoms with Crippen LogP contribution in [-0.2, 0) is 0 Å². The average Bonchev–Trinajstić information content (AvgIpc) is 2.85. The van der Waals surface area contributed by atoms with E-state index in [1.807, 2.05) is 0 Å². The van der Waals surface area contributed by atoms with Crippen LogP contribution in [0.15, 0.2) is 23.3 Å². The van der Waals surface area contributed by atoms with Gasteiger partial charge in [-0.1, -0.05) is 0 Å². The van der Waals surface area contributed by atoms with E-state index in [1.54, 1.807) is 0 Å². The molecular weight excluding hydrogens is 197 g/mol. The van der Waals surface area contributed by atoms with Crippen molar-refractivity contribution in [3.63, 3.8) is 0 Å². The van der Waals surface area contributed by atoms with Gasteiger partial charge in [-0.15, -0.1) is 13.2 Å². The number of nitrogens with zero attached hydrogens (tertiary/aromatic N) is 2. The van der Waals surface area contributed by atoms with Crippen LogP contribution in [0.3, 0.4) is 0 Å². The first kappa shape index (κ1) is 8.98. The fraction of sp³-hybridized carbons (Fsp3) is 0.250. The van der Waals surface area contributed by atoms with Gasteiger partial charge in [-0.2, -0.15) is 0 Å². The topological polar surface area (TPSA) is 34.5 Å². The van der Waals surface area contributed by atoms with Crippen molar-refractivity contribution in [3.05, 3.63) is 24.0 Å². The summed E-state index contributed by atoms with van der Waals surface area (Å²) in [6.07, 6.45) is -1.78. The number of hydrogen-bond donors (Lipinski definition) is 0. The first-order valence-corrected chi connectivity index (χ1v) is 3.80. The second kappa shape index (κ2) is 2.97. The van der Waals surface area contributed by atoms with Gasteiger partial charge in [0.2, 0.25) is 0 Å². The van der Waals surface area contributed by atoms with Crippen molar-refractivity contribution in [2.75, 3.05) is 0 Å². The quantitative estimate of drug-likeness (QED) is 0.735. The molecule has 74 valence electrons. The number of ether oxygens (including phenoxy) is 1. The SMILES string of the molecule is FC(F)(F)Oc1cccnc1C1C=N1. The summed E-state index contributed by atoms with van der Waals surface area (Å²) in [6.45, 7) is 0. The number of aliphatic imine (C=N–C) groups is 1. The Labute approximate surface area is 77.2 Å². The van der Waals surface area contributed by atoms with E-state index in [9.17, 15) is 13.2 Å². The third-order valence-corrected chi connectivity index (χ3v) is 1.60. The van der Waals surface area contributed by atoms with E-state index < -0.39 is 6.36 Å². The summed E-state index contributed by atoms with van der Waals surface area (Å²) in [5, 5.41) is 0. The van der Waals surface area contributed by atoms with Crippen molar-refractivity contribution < 1.29 is 17.9 Å². The maximum absolute atomic E-state index is 11.9. The van der Waals surface area contributed by atoms with Gasteiger partial charge in [0.15, 0.2) is 5.75 Å². The lowest BCUT2D eigenvalue weighted by Gasteiger charge is -2.10. The molecule has 6 heteroatoms. The zero-order valence-corrected chi connectivity index (χ0v) is 6.82. The molecule has 0 bridgehead atoms. The molecule has 1 aromatic rings. The molecule has 1 atom stereocenters. The second-order valence-corrected chi connectivity index (χ2v) is 2.68. The third kappa shape index (κ3) is 2.01. The summed E-state index contributed by atoms with van der Waals surface area (Å²) in [7, 11) is 0. The van der Waals surface area contributed by atoms with Crippen molar-refractivity contribution >= 4 is 6.21 Å². The van der Waals surface area contributed by atoms with Crippen molar-refractivity contribution in [3.8, 4) is 5.75 Å². The number of aromatic nitrogens is 1. The van der Waals surface area contributed by atoms with Gasteiger partial charge in [0, 0.05) is 12.4 Å². The molecule has 1 aromatic heterocycles. The number of rotatable bonds is 2. The summed E-state index contributed by atoms with van der Waals surface area (Å²) in [6, 6.07) is 2.25. The Morgan fingerprint density at radius 3 is 2.64 bits per heavy atom. The van der Waals surface area contributed by atoms with Crippen molar-refractivity contribution in [1.29, 1.82) is 0 Å². The number of hydrogen-bond acceptors (Lipinski definition) is 3. The van der Waals surface area contributed by atoms with Crippen LogP contribution in [0.25, 0.3) is 0 Å². The van der Waals surface area contributed by atoms with E-state index in [-0.39, 0.29) is 17.5 Å². The first-order chi connectivity index (χ1) is 6.56. The predicted octanol–water partition coefficient (Wildman–Crippen LogP) is 2.11. The van der Waals surface area contributed by atoms with E-state index in [0.717, 1.165) is 0 Å². The Morgan fingerprint density at radius 2 is 2.07 bits per heavy atom. The molecule has 0 radical (unpaired) electrons. The molecule has 2 rings (SSSR count). The molecule has 2 heterocycles. The lowest BCUT2D eigenvalue weighted by atomic mass is 10.2. The summed E-state index contributed by atoms with van der Waals surface area (Å²) in [4.78, 5) is 7.50. The number of alkyl halides is 3. The minimum Gasteiger partial charge on any atom is -0.404 e. The fourth-order valence-electron chi connectivity index (χ4n) is 1.02. The standard InChI is InChI=1S/C8H5F3N2O/c9-8(10,11)14-6-2-1-3-12-7(6)5-4-13-5/h1-5H. The molecule has 0 aromatic carbocycles. The van der Waals surface area contributed by atoms with Gasteiger partial charge in [-0.05, 0) is 12.1 Å². The highest BCUT2D eigenvalue weighted by Gasteiger charge is 2.34. The zero-order valence-electron chi connectivity index (χ0n) is 6.82. The van der Waals surface area contributed by atoms with Crippen LogP contribution in [0.1, 0.15) is 11.7 Å². The molecular formula is C8H5F3N2O. The maximum Gasteiger partial charge on any atom is 0.573 e. The second-order valence-electron chi connectivity index (χ2n) is 2.68. The van der Waals surface area contributed by atoms with Gasteiger partial charge in [0.05, 0.1) is 0 Å². The molecule has 1 aliphatic rings. The summed E-state index contributed by atoms with van der Waals surface area (Å²) >= 11 is 0. The Balaban J connectivity index is 2.23. The Bertz CT molecular complexity index is 369.